The number of aromatic nitrogens is 4. The van der Waals surface area contributed by atoms with Crippen LogP contribution in [0.1, 0.15) is 18.4 Å². The lowest BCUT2D eigenvalue weighted by Crippen LogP contribution is -2.15. The van der Waals surface area contributed by atoms with Crippen LogP contribution >= 0.6 is 12.4 Å². The highest BCUT2D eigenvalue weighted by Gasteiger charge is 2.19. The van der Waals surface area contributed by atoms with Gasteiger partial charge in [0.1, 0.15) is 13.2 Å². The van der Waals surface area contributed by atoms with Gasteiger partial charge in [-0.2, -0.15) is 4.98 Å². The van der Waals surface area contributed by atoms with E-state index in [0.29, 0.717) is 48.3 Å². The Morgan fingerprint density at radius 2 is 1.87 bits per heavy atom. The number of ether oxygens (including phenoxy) is 2. The van der Waals surface area contributed by atoms with E-state index in [-0.39, 0.29) is 12.4 Å². The molecule has 0 fully saturated rings. The van der Waals surface area contributed by atoms with Gasteiger partial charge in [-0.25, -0.2) is 9.97 Å². The zero-order chi connectivity index (χ0) is 19.8. The zero-order valence-electron chi connectivity index (χ0n) is 16.5. The van der Waals surface area contributed by atoms with Crippen molar-refractivity contribution in [2.24, 2.45) is 0 Å². The molecule has 1 aliphatic heterocycles. The van der Waals surface area contributed by atoms with E-state index in [4.69, 9.17) is 14.0 Å². The molecule has 0 atom stereocenters. The van der Waals surface area contributed by atoms with Crippen LogP contribution in [-0.2, 0) is 6.42 Å². The first-order chi connectivity index (χ1) is 14.2. The highest BCUT2D eigenvalue weighted by Crippen LogP contribution is 2.38. The quantitative estimate of drug-likeness (QED) is 0.511. The maximum absolute atomic E-state index is 5.71. The van der Waals surface area contributed by atoms with Crippen LogP contribution in [0.5, 0.6) is 11.5 Å². The maximum atomic E-state index is 5.71. The van der Waals surface area contributed by atoms with Crippen molar-refractivity contribution in [3.05, 3.63) is 48.0 Å². The minimum absolute atomic E-state index is 0. The number of hydrogen-bond donors (Lipinski definition) is 1. The molecule has 5 rings (SSSR count). The zero-order valence-corrected chi connectivity index (χ0v) is 17.3. The molecule has 4 heterocycles. The first kappa shape index (κ1) is 19.9. The topological polar surface area (TPSA) is 95.2 Å². The van der Waals surface area contributed by atoms with Gasteiger partial charge < -0.3 is 19.3 Å². The predicted octanol–water partition coefficient (Wildman–Crippen LogP) is 4.49. The number of aryl methyl sites for hydroxylation is 2. The van der Waals surface area contributed by atoms with Crippen LogP contribution in [0.3, 0.4) is 0 Å². The van der Waals surface area contributed by atoms with E-state index < -0.39 is 0 Å². The normalized spacial score (nSPS) is 12.5. The summed E-state index contributed by atoms with van der Waals surface area (Å²) in [6.07, 6.45) is 2.40. The number of rotatable bonds is 4. The SMILES string of the molecule is CCc1noc(-c2cnc3nc(C)ccc3c2Nc2ccc3c(c2)OCCO3)n1.Cl. The molecule has 154 valence electrons. The fourth-order valence-corrected chi connectivity index (χ4v) is 3.24. The van der Waals surface area contributed by atoms with Crippen LogP contribution < -0.4 is 14.8 Å². The standard InChI is InChI=1S/C21H19N5O3.ClH/c1-3-18-25-21(29-26-18)15-11-22-20-14(6-4-12(2)23-20)19(15)24-13-5-7-16-17(10-13)28-9-8-27-16;/h4-7,10-11H,3,8-9H2,1-2H3,(H,22,23,24);1H. The monoisotopic (exact) mass is 425 g/mol. The average molecular weight is 426 g/mol. The lowest BCUT2D eigenvalue weighted by Gasteiger charge is -2.20. The molecule has 0 unspecified atom stereocenters. The highest BCUT2D eigenvalue weighted by atomic mass is 35.5. The van der Waals surface area contributed by atoms with Crippen molar-refractivity contribution < 1.29 is 14.0 Å². The minimum Gasteiger partial charge on any atom is -0.486 e. The van der Waals surface area contributed by atoms with Gasteiger partial charge in [0.25, 0.3) is 5.89 Å². The van der Waals surface area contributed by atoms with Crippen LogP contribution in [0.4, 0.5) is 11.4 Å². The molecule has 0 saturated heterocycles. The Hall–Kier alpha value is -3.39. The van der Waals surface area contributed by atoms with Gasteiger partial charge in [0.05, 0.1) is 11.3 Å². The van der Waals surface area contributed by atoms with Crippen LogP contribution in [0.2, 0.25) is 0 Å². The molecule has 1 aliphatic rings. The van der Waals surface area contributed by atoms with Crippen molar-refractivity contribution in [2.45, 2.75) is 20.3 Å². The Kier molecular flexibility index (Phi) is 5.41. The smallest absolute Gasteiger partial charge is 0.261 e. The van der Waals surface area contributed by atoms with Gasteiger partial charge in [-0.1, -0.05) is 12.1 Å². The van der Waals surface area contributed by atoms with Gasteiger partial charge in [0, 0.05) is 35.5 Å². The van der Waals surface area contributed by atoms with Gasteiger partial charge in [-0.15, -0.1) is 12.4 Å². The van der Waals surface area contributed by atoms with E-state index in [1.807, 2.05) is 44.2 Å². The molecule has 1 aromatic carbocycles. The van der Waals surface area contributed by atoms with E-state index in [2.05, 4.69) is 25.4 Å². The Morgan fingerprint density at radius 1 is 1.03 bits per heavy atom. The summed E-state index contributed by atoms with van der Waals surface area (Å²) in [5, 5.41) is 8.35. The fourth-order valence-electron chi connectivity index (χ4n) is 3.24. The maximum Gasteiger partial charge on any atom is 0.261 e. The average Bonchev–Trinajstić information content (AvgIpc) is 3.23. The molecule has 1 N–H and O–H groups in total. The van der Waals surface area contributed by atoms with Gasteiger partial charge >= 0.3 is 0 Å². The summed E-state index contributed by atoms with van der Waals surface area (Å²) >= 11 is 0. The van der Waals surface area contributed by atoms with Crippen LogP contribution in [0.15, 0.2) is 41.1 Å². The number of halogens is 1. The predicted molar refractivity (Wildman–Crippen MR) is 115 cm³/mol. The van der Waals surface area contributed by atoms with Crippen molar-refractivity contribution >= 4 is 34.8 Å². The van der Waals surface area contributed by atoms with Crippen molar-refractivity contribution in [2.75, 3.05) is 18.5 Å². The van der Waals surface area contributed by atoms with E-state index >= 15 is 0 Å². The van der Waals surface area contributed by atoms with E-state index in [0.717, 1.165) is 28.2 Å². The number of benzene rings is 1. The molecule has 0 amide bonds. The summed E-state index contributed by atoms with van der Waals surface area (Å²) in [6.45, 7) is 5.01. The largest absolute Gasteiger partial charge is 0.486 e. The lowest BCUT2D eigenvalue weighted by atomic mass is 10.1. The molecule has 8 nitrogen and oxygen atoms in total. The Balaban J connectivity index is 0.00000218. The van der Waals surface area contributed by atoms with Crippen LogP contribution in [0.25, 0.3) is 22.5 Å². The summed E-state index contributed by atoms with van der Waals surface area (Å²) in [5.41, 5.74) is 3.90. The second-order valence-electron chi connectivity index (χ2n) is 6.72. The van der Waals surface area contributed by atoms with Gasteiger partial charge in [-0.05, 0) is 31.2 Å². The molecule has 0 radical (unpaired) electrons. The fraction of sp³-hybridized carbons (Fsp3) is 0.238. The van der Waals surface area contributed by atoms with Crippen LogP contribution in [-0.4, -0.2) is 33.3 Å². The van der Waals surface area contributed by atoms with Crippen molar-refractivity contribution in [3.63, 3.8) is 0 Å². The number of hydrogen-bond acceptors (Lipinski definition) is 8. The second kappa shape index (κ2) is 8.16. The minimum atomic E-state index is 0. The molecule has 0 spiro atoms. The summed E-state index contributed by atoms with van der Waals surface area (Å²) in [6, 6.07) is 9.69. The molecule has 4 aromatic rings. The van der Waals surface area contributed by atoms with Crippen molar-refractivity contribution in [3.8, 4) is 23.0 Å². The molecular weight excluding hydrogens is 406 g/mol. The van der Waals surface area contributed by atoms with Gasteiger partial charge in [0.2, 0.25) is 0 Å². The van der Waals surface area contributed by atoms with Crippen molar-refractivity contribution in [1.82, 2.24) is 20.1 Å². The Labute approximate surface area is 179 Å². The van der Waals surface area contributed by atoms with Gasteiger partial charge in [-0.3, -0.25) is 0 Å². The first-order valence-electron chi connectivity index (χ1n) is 9.47. The van der Waals surface area contributed by atoms with E-state index in [1.165, 1.54) is 0 Å². The lowest BCUT2D eigenvalue weighted by molar-refractivity contribution is 0.171. The second-order valence-corrected chi connectivity index (χ2v) is 6.72. The number of pyridine rings is 2. The van der Waals surface area contributed by atoms with E-state index in [1.54, 1.807) is 6.20 Å². The number of anilines is 2. The Morgan fingerprint density at radius 3 is 2.67 bits per heavy atom. The molecule has 9 heteroatoms. The van der Waals surface area contributed by atoms with Crippen molar-refractivity contribution in [1.29, 1.82) is 0 Å². The molecule has 0 aliphatic carbocycles. The molecule has 0 bridgehead atoms. The third kappa shape index (κ3) is 3.61. The Bertz CT molecular complexity index is 1210. The first-order valence-corrected chi connectivity index (χ1v) is 9.47. The number of nitrogens with one attached hydrogen (secondary N) is 1. The molecular formula is C21H20ClN5O3. The highest BCUT2D eigenvalue weighted by molar-refractivity contribution is 5.98. The molecule has 0 saturated carbocycles. The summed E-state index contributed by atoms with van der Waals surface area (Å²) in [5.74, 6) is 2.51. The number of nitrogens with zero attached hydrogens (tertiary/aromatic N) is 4. The third-order valence-electron chi connectivity index (χ3n) is 4.70. The van der Waals surface area contributed by atoms with Gasteiger partial charge in [0.15, 0.2) is 23.0 Å². The molecule has 3 aromatic heterocycles. The van der Waals surface area contributed by atoms with E-state index in [9.17, 15) is 0 Å². The van der Waals surface area contributed by atoms with Crippen LogP contribution in [0, 0.1) is 6.92 Å². The number of fused-ring (bicyclic) bond motifs is 2. The summed E-state index contributed by atoms with van der Waals surface area (Å²) in [4.78, 5) is 13.5. The summed E-state index contributed by atoms with van der Waals surface area (Å²) < 4.78 is 16.8. The third-order valence-corrected chi connectivity index (χ3v) is 4.70. The molecule has 30 heavy (non-hydrogen) atoms. The summed E-state index contributed by atoms with van der Waals surface area (Å²) in [7, 11) is 0.